The van der Waals surface area contributed by atoms with E-state index < -0.39 is 43.3 Å². The maximum atomic E-state index is 13.6. The van der Waals surface area contributed by atoms with E-state index >= 15 is 0 Å². The molecule has 1 N–H and O–H groups in total. The predicted molar refractivity (Wildman–Crippen MR) is 127 cm³/mol. The Balaban J connectivity index is 1.58. The van der Waals surface area contributed by atoms with Gasteiger partial charge in [-0.3, -0.25) is 14.6 Å². The molecule has 2 heterocycles. The number of carbonyl (C=O) groups excluding carboxylic acids is 2. The number of aryl methyl sites for hydroxylation is 1. The zero-order valence-electron chi connectivity index (χ0n) is 18.6. The molecule has 9 heteroatoms. The van der Waals surface area contributed by atoms with Crippen molar-refractivity contribution in [2.24, 2.45) is 0 Å². The Hall–Kier alpha value is -3.51. The molecule has 1 aliphatic heterocycles. The van der Waals surface area contributed by atoms with Gasteiger partial charge >= 0.3 is 0 Å². The number of amides is 2. The van der Waals surface area contributed by atoms with Crippen LogP contribution in [0.3, 0.4) is 0 Å². The molecule has 0 unspecified atom stereocenters. The van der Waals surface area contributed by atoms with Gasteiger partial charge in [0, 0.05) is 22.9 Å². The fraction of sp³-hybridized carbons (Fsp3) is 0.280. The summed E-state index contributed by atoms with van der Waals surface area (Å²) in [5.74, 6) is -4.35. The van der Waals surface area contributed by atoms with Crippen molar-refractivity contribution in [2.75, 3.05) is 19.3 Å². The van der Waals surface area contributed by atoms with Crippen LogP contribution >= 0.6 is 11.8 Å². The maximum absolute atomic E-state index is 13.6. The summed E-state index contributed by atoms with van der Waals surface area (Å²) in [6.07, 6.45) is 2.82. The van der Waals surface area contributed by atoms with Gasteiger partial charge in [0.25, 0.3) is 11.8 Å². The normalized spacial score (nSPS) is 16.9. The lowest BCUT2D eigenvalue weighted by molar-refractivity contribution is -0.131. The zero-order chi connectivity index (χ0) is 24.5. The number of halogens is 2. The van der Waals surface area contributed by atoms with Crippen molar-refractivity contribution in [3.05, 3.63) is 59.8 Å². The second-order valence-corrected chi connectivity index (χ2v) is 9.06. The molecular formula is C25H22F2N4O2S. The number of rotatable bonds is 5. The van der Waals surface area contributed by atoms with Gasteiger partial charge in [-0.2, -0.15) is 5.26 Å². The quantitative estimate of drug-likeness (QED) is 0.547. The highest BCUT2D eigenvalue weighted by molar-refractivity contribution is 7.98. The predicted octanol–water partition coefficient (Wildman–Crippen LogP) is 4.42. The SMILES string of the molecule is CSc1ccc(-c2cc3c(C(=O)NCC(=O)N4CC(F)(F)C[C@H]4C#N)ccnc3cc2C)cc1. The highest BCUT2D eigenvalue weighted by Gasteiger charge is 2.47. The number of thioether (sulfide) groups is 1. The van der Waals surface area contributed by atoms with Crippen molar-refractivity contribution in [1.82, 2.24) is 15.2 Å². The summed E-state index contributed by atoms with van der Waals surface area (Å²) < 4.78 is 27.3. The molecule has 174 valence electrons. The van der Waals surface area contributed by atoms with E-state index in [1.165, 1.54) is 6.20 Å². The molecule has 34 heavy (non-hydrogen) atoms. The summed E-state index contributed by atoms with van der Waals surface area (Å²) in [4.78, 5) is 31.7. The average molecular weight is 481 g/mol. The number of pyridine rings is 1. The van der Waals surface area contributed by atoms with Gasteiger partial charge in [0.05, 0.1) is 30.2 Å². The number of hydrogen-bond donors (Lipinski definition) is 1. The minimum Gasteiger partial charge on any atom is -0.343 e. The second kappa shape index (κ2) is 9.39. The van der Waals surface area contributed by atoms with Crippen LogP contribution in [0.15, 0.2) is 53.6 Å². The van der Waals surface area contributed by atoms with Crippen molar-refractivity contribution in [2.45, 2.75) is 30.2 Å². The van der Waals surface area contributed by atoms with E-state index in [1.54, 1.807) is 23.9 Å². The number of likely N-dealkylation sites (tertiary alicyclic amines) is 1. The molecule has 0 radical (unpaired) electrons. The Morgan fingerprint density at radius 2 is 2.00 bits per heavy atom. The lowest BCUT2D eigenvalue weighted by atomic mass is 9.96. The van der Waals surface area contributed by atoms with Crippen LogP contribution < -0.4 is 5.32 Å². The van der Waals surface area contributed by atoms with Gasteiger partial charge in [0.2, 0.25) is 5.91 Å². The highest BCUT2D eigenvalue weighted by atomic mass is 32.2. The molecule has 0 saturated carbocycles. The molecule has 1 saturated heterocycles. The first kappa shape index (κ1) is 23.6. The van der Waals surface area contributed by atoms with E-state index in [-0.39, 0.29) is 0 Å². The topological polar surface area (TPSA) is 86.1 Å². The second-order valence-electron chi connectivity index (χ2n) is 8.18. The van der Waals surface area contributed by atoms with Crippen molar-refractivity contribution in [1.29, 1.82) is 5.26 Å². The van der Waals surface area contributed by atoms with Gasteiger partial charge in [0.15, 0.2) is 0 Å². The summed E-state index contributed by atoms with van der Waals surface area (Å²) >= 11 is 1.65. The van der Waals surface area contributed by atoms with E-state index in [0.717, 1.165) is 26.5 Å². The first-order chi connectivity index (χ1) is 16.2. The molecule has 6 nitrogen and oxygen atoms in total. The van der Waals surface area contributed by atoms with E-state index in [0.29, 0.717) is 16.5 Å². The van der Waals surface area contributed by atoms with Crippen LogP contribution in [0.2, 0.25) is 0 Å². The molecular weight excluding hydrogens is 458 g/mol. The standard InChI is InChI=1S/C25H22F2N4O2S/c1-15-9-22-21(10-20(15)16-3-5-18(34-2)6-4-16)19(7-8-29-22)24(33)30-13-23(32)31-14-25(26,27)11-17(31)12-28/h3-10,17H,11,13-14H2,1-2H3,(H,30,33)/t17-/m0/s1. The molecule has 4 rings (SSSR count). The van der Waals surface area contributed by atoms with Crippen molar-refractivity contribution >= 4 is 34.5 Å². The Morgan fingerprint density at radius 3 is 2.68 bits per heavy atom. The third-order valence-corrected chi connectivity index (χ3v) is 6.62. The minimum absolute atomic E-state index is 0.323. The maximum Gasteiger partial charge on any atom is 0.268 e. The number of aromatic nitrogens is 1. The summed E-state index contributed by atoms with van der Waals surface area (Å²) in [7, 11) is 0. The third-order valence-electron chi connectivity index (χ3n) is 5.87. The van der Waals surface area contributed by atoms with Gasteiger partial charge in [-0.15, -0.1) is 11.8 Å². The first-order valence-electron chi connectivity index (χ1n) is 10.6. The monoisotopic (exact) mass is 480 g/mol. The number of nitriles is 1. The number of fused-ring (bicyclic) bond motifs is 1. The van der Waals surface area contributed by atoms with Crippen LogP contribution in [0, 0.1) is 18.3 Å². The van der Waals surface area contributed by atoms with Gasteiger partial charge in [-0.25, -0.2) is 8.78 Å². The molecule has 0 bridgehead atoms. The molecule has 1 aliphatic rings. The zero-order valence-corrected chi connectivity index (χ0v) is 19.5. The van der Waals surface area contributed by atoms with Gasteiger partial charge in [-0.1, -0.05) is 12.1 Å². The van der Waals surface area contributed by atoms with Gasteiger partial charge < -0.3 is 10.2 Å². The van der Waals surface area contributed by atoms with E-state index in [1.807, 2.05) is 49.6 Å². The van der Waals surface area contributed by atoms with Crippen molar-refractivity contribution < 1.29 is 18.4 Å². The summed E-state index contributed by atoms with van der Waals surface area (Å²) in [6.45, 7) is 0.670. The molecule has 0 aliphatic carbocycles. The fourth-order valence-electron chi connectivity index (χ4n) is 4.12. The number of carbonyl (C=O) groups is 2. The molecule has 2 amide bonds. The minimum atomic E-state index is -3.11. The lowest BCUT2D eigenvalue weighted by Gasteiger charge is -2.19. The summed E-state index contributed by atoms with van der Waals surface area (Å²) in [6, 6.07) is 14.0. The van der Waals surface area contributed by atoms with E-state index in [9.17, 15) is 18.4 Å². The Kier molecular flexibility index (Phi) is 6.53. The largest absolute Gasteiger partial charge is 0.343 e. The van der Waals surface area contributed by atoms with Gasteiger partial charge in [0.1, 0.15) is 6.04 Å². The third kappa shape index (κ3) is 4.73. The number of nitrogens with zero attached hydrogens (tertiary/aromatic N) is 3. The Labute approximate surface area is 200 Å². The Bertz CT molecular complexity index is 1300. The van der Waals surface area contributed by atoms with Crippen LogP contribution in [0.25, 0.3) is 22.0 Å². The van der Waals surface area contributed by atoms with Crippen LogP contribution in [0.1, 0.15) is 22.3 Å². The highest BCUT2D eigenvalue weighted by Crippen LogP contribution is 2.32. The summed E-state index contributed by atoms with van der Waals surface area (Å²) in [5.41, 5.74) is 3.91. The van der Waals surface area contributed by atoms with E-state index in [2.05, 4.69) is 10.3 Å². The molecule has 1 atom stereocenters. The molecule has 0 spiro atoms. The smallest absolute Gasteiger partial charge is 0.268 e. The van der Waals surface area contributed by atoms with Crippen LogP contribution in [-0.4, -0.2) is 53.0 Å². The first-order valence-corrected chi connectivity index (χ1v) is 11.8. The molecule has 3 aromatic rings. The van der Waals surface area contributed by atoms with Crippen molar-refractivity contribution in [3.8, 4) is 17.2 Å². The van der Waals surface area contributed by atoms with Gasteiger partial charge in [-0.05, 0) is 60.2 Å². The van der Waals surface area contributed by atoms with Crippen LogP contribution in [0.4, 0.5) is 8.78 Å². The number of hydrogen-bond acceptors (Lipinski definition) is 5. The van der Waals surface area contributed by atoms with E-state index in [4.69, 9.17) is 5.26 Å². The van der Waals surface area contributed by atoms with Crippen molar-refractivity contribution in [3.63, 3.8) is 0 Å². The number of alkyl halides is 2. The molecule has 1 aromatic heterocycles. The molecule has 1 fully saturated rings. The number of nitrogens with one attached hydrogen (secondary N) is 1. The Morgan fingerprint density at radius 1 is 1.26 bits per heavy atom. The van der Waals surface area contributed by atoms with Crippen LogP contribution in [-0.2, 0) is 4.79 Å². The number of benzene rings is 2. The average Bonchev–Trinajstić information content (AvgIpc) is 3.16. The molecule has 2 aromatic carbocycles. The lowest BCUT2D eigenvalue weighted by Crippen LogP contribution is -2.43. The fourth-order valence-corrected chi connectivity index (χ4v) is 4.53. The summed E-state index contributed by atoms with van der Waals surface area (Å²) in [5, 5.41) is 12.2. The van der Waals surface area contributed by atoms with Crippen LogP contribution in [0.5, 0.6) is 0 Å².